The van der Waals surface area contributed by atoms with Crippen molar-refractivity contribution in [3.8, 4) is 0 Å². The minimum Gasteiger partial charge on any atom is -0.394 e. The highest BCUT2D eigenvalue weighted by Gasteiger charge is 2.21. The van der Waals surface area contributed by atoms with Gasteiger partial charge in [0.15, 0.2) is 5.03 Å². The molecule has 0 saturated carbocycles. The first-order chi connectivity index (χ1) is 8.63. The topological polar surface area (TPSA) is 95.1 Å². The van der Waals surface area contributed by atoms with Crippen LogP contribution in [0, 0.1) is 0 Å². The smallest absolute Gasteiger partial charge is 0.258 e. The van der Waals surface area contributed by atoms with Gasteiger partial charge in [0.2, 0.25) is 0 Å². The van der Waals surface area contributed by atoms with Crippen LogP contribution in [0.25, 0.3) is 0 Å². The number of hydrogen-bond donors (Lipinski definition) is 3. The first kappa shape index (κ1) is 12.7. The Morgan fingerprint density at radius 1 is 1.28 bits per heavy atom. The van der Waals surface area contributed by atoms with Crippen molar-refractivity contribution in [2.45, 2.75) is 11.1 Å². The zero-order valence-corrected chi connectivity index (χ0v) is 10.3. The third-order valence-corrected chi connectivity index (χ3v) is 3.85. The molecule has 7 heteroatoms. The van der Waals surface area contributed by atoms with Crippen molar-refractivity contribution in [2.24, 2.45) is 0 Å². The van der Waals surface area contributed by atoms with Crippen LogP contribution in [0.2, 0.25) is 0 Å². The fourth-order valence-corrected chi connectivity index (χ4v) is 2.66. The predicted molar refractivity (Wildman–Crippen MR) is 65.2 cm³/mol. The maximum absolute atomic E-state index is 11.9. The summed E-state index contributed by atoms with van der Waals surface area (Å²) in [6.45, 7) is -0.322. The van der Waals surface area contributed by atoms with E-state index in [-0.39, 0.29) is 11.6 Å². The van der Waals surface area contributed by atoms with Crippen LogP contribution in [0.15, 0.2) is 47.6 Å². The van der Waals surface area contributed by atoms with Gasteiger partial charge < -0.3 is 5.11 Å². The van der Waals surface area contributed by atoms with E-state index < -0.39 is 16.1 Å². The molecule has 0 saturated heterocycles. The van der Waals surface area contributed by atoms with Gasteiger partial charge in [-0.2, -0.15) is 5.10 Å². The summed E-state index contributed by atoms with van der Waals surface area (Å²) in [5, 5.41) is 15.2. The van der Waals surface area contributed by atoms with Crippen molar-refractivity contribution < 1.29 is 13.5 Å². The number of aromatic amines is 1. The summed E-state index contributed by atoms with van der Waals surface area (Å²) in [4.78, 5) is 0. The summed E-state index contributed by atoms with van der Waals surface area (Å²) in [6.07, 6.45) is 1.35. The third-order valence-electron chi connectivity index (χ3n) is 2.45. The number of benzene rings is 1. The molecule has 0 bridgehead atoms. The van der Waals surface area contributed by atoms with Gasteiger partial charge in [0.05, 0.1) is 18.8 Å². The average molecular weight is 267 g/mol. The van der Waals surface area contributed by atoms with Gasteiger partial charge in [-0.05, 0) is 11.6 Å². The Morgan fingerprint density at radius 3 is 2.56 bits per heavy atom. The molecule has 0 fully saturated rings. The van der Waals surface area contributed by atoms with Crippen LogP contribution in [-0.4, -0.2) is 30.3 Å². The molecule has 0 radical (unpaired) electrons. The molecule has 1 aromatic carbocycles. The van der Waals surface area contributed by atoms with Gasteiger partial charge in [0.25, 0.3) is 10.0 Å². The van der Waals surface area contributed by atoms with Gasteiger partial charge in [-0.25, -0.2) is 13.1 Å². The van der Waals surface area contributed by atoms with Gasteiger partial charge in [0.1, 0.15) is 0 Å². The maximum Gasteiger partial charge on any atom is 0.258 e. The molecule has 0 aliphatic rings. The quantitative estimate of drug-likeness (QED) is 0.731. The van der Waals surface area contributed by atoms with Crippen LogP contribution < -0.4 is 4.72 Å². The number of aliphatic hydroxyl groups excluding tert-OH is 1. The Morgan fingerprint density at radius 2 is 2.00 bits per heavy atom. The highest BCUT2D eigenvalue weighted by Crippen LogP contribution is 2.15. The van der Waals surface area contributed by atoms with Crippen LogP contribution in [0.3, 0.4) is 0 Å². The van der Waals surface area contributed by atoms with Crippen LogP contribution >= 0.6 is 0 Å². The lowest BCUT2D eigenvalue weighted by atomic mass is 10.1. The second kappa shape index (κ2) is 5.30. The van der Waals surface area contributed by atoms with Crippen molar-refractivity contribution in [2.75, 3.05) is 6.61 Å². The number of rotatable bonds is 5. The molecule has 96 valence electrons. The van der Waals surface area contributed by atoms with Crippen molar-refractivity contribution in [3.05, 3.63) is 48.2 Å². The summed E-state index contributed by atoms with van der Waals surface area (Å²) in [5.74, 6) is 0. The number of aromatic nitrogens is 2. The minimum absolute atomic E-state index is 0.0307. The Balaban J connectivity index is 2.22. The van der Waals surface area contributed by atoms with E-state index in [9.17, 15) is 13.5 Å². The van der Waals surface area contributed by atoms with Crippen LogP contribution in [-0.2, 0) is 10.0 Å². The van der Waals surface area contributed by atoms with Gasteiger partial charge in [-0.15, -0.1) is 0 Å². The number of sulfonamides is 1. The molecule has 0 aliphatic heterocycles. The van der Waals surface area contributed by atoms with E-state index in [4.69, 9.17) is 0 Å². The highest BCUT2D eigenvalue weighted by molar-refractivity contribution is 7.89. The molecule has 1 heterocycles. The molecule has 1 aromatic heterocycles. The van der Waals surface area contributed by atoms with Gasteiger partial charge in [-0.3, -0.25) is 5.10 Å². The van der Waals surface area contributed by atoms with E-state index in [0.29, 0.717) is 5.56 Å². The summed E-state index contributed by atoms with van der Waals surface area (Å²) in [5.41, 5.74) is 0.697. The van der Waals surface area contributed by atoms with Gasteiger partial charge >= 0.3 is 0 Å². The maximum atomic E-state index is 11.9. The first-order valence-electron chi connectivity index (χ1n) is 5.31. The molecule has 0 aliphatic carbocycles. The van der Waals surface area contributed by atoms with E-state index in [0.717, 1.165) is 0 Å². The molecule has 3 N–H and O–H groups in total. The lowest BCUT2D eigenvalue weighted by Gasteiger charge is -2.15. The molecule has 1 atom stereocenters. The molecule has 2 rings (SSSR count). The van der Waals surface area contributed by atoms with E-state index >= 15 is 0 Å². The molecule has 0 unspecified atom stereocenters. The summed E-state index contributed by atoms with van der Waals surface area (Å²) in [6, 6.07) is 9.54. The van der Waals surface area contributed by atoms with Crippen LogP contribution in [0.5, 0.6) is 0 Å². The Kier molecular flexibility index (Phi) is 3.75. The van der Waals surface area contributed by atoms with Crippen LogP contribution in [0.4, 0.5) is 0 Å². The van der Waals surface area contributed by atoms with Crippen molar-refractivity contribution >= 4 is 10.0 Å². The summed E-state index contributed by atoms with van der Waals surface area (Å²) >= 11 is 0. The van der Waals surface area contributed by atoms with Crippen molar-refractivity contribution in [3.63, 3.8) is 0 Å². The third kappa shape index (κ3) is 2.76. The molecule has 0 spiro atoms. The zero-order chi connectivity index (χ0) is 13.0. The number of nitrogens with zero attached hydrogens (tertiary/aromatic N) is 1. The highest BCUT2D eigenvalue weighted by atomic mass is 32.2. The lowest BCUT2D eigenvalue weighted by Crippen LogP contribution is -2.31. The normalized spacial score (nSPS) is 13.4. The SMILES string of the molecule is O=S(=O)(N[C@H](CO)c1ccccc1)c1ccn[nH]1. The standard InChI is InChI=1S/C11H13N3O3S/c15-8-10(9-4-2-1-3-5-9)14-18(16,17)11-6-7-12-13-11/h1-7,10,14-15H,8H2,(H,12,13)/t10-/m1/s1. The van der Waals surface area contributed by atoms with E-state index in [2.05, 4.69) is 14.9 Å². The predicted octanol–water partition coefficient (Wildman–Crippen LogP) is 0.422. The van der Waals surface area contributed by atoms with Crippen molar-refractivity contribution in [1.29, 1.82) is 0 Å². The van der Waals surface area contributed by atoms with E-state index in [1.54, 1.807) is 24.3 Å². The van der Waals surface area contributed by atoms with Crippen LogP contribution in [0.1, 0.15) is 11.6 Å². The molecular formula is C11H13N3O3S. The second-order valence-electron chi connectivity index (χ2n) is 3.69. The van der Waals surface area contributed by atoms with Gasteiger partial charge in [-0.1, -0.05) is 30.3 Å². The summed E-state index contributed by atoms with van der Waals surface area (Å²) < 4.78 is 26.3. The largest absolute Gasteiger partial charge is 0.394 e. The lowest BCUT2D eigenvalue weighted by molar-refractivity contribution is 0.259. The average Bonchev–Trinajstić information content (AvgIpc) is 2.92. The molecule has 6 nitrogen and oxygen atoms in total. The Labute approximate surface area is 105 Å². The van der Waals surface area contributed by atoms with E-state index in [1.807, 2.05) is 6.07 Å². The second-order valence-corrected chi connectivity index (χ2v) is 5.37. The van der Waals surface area contributed by atoms with E-state index in [1.165, 1.54) is 12.3 Å². The monoisotopic (exact) mass is 267 g/mol. The number of hydrogen-bond acceptors (Lipinski definition) is 4. The van der Waals surface area contributed by atoms with Gasteiger partial charge in [0, 0.05) is 0 Å². The minimum atomic E-state index is -3.70. The molecule has 2 aromatic rings. The van der Waals surface area contributed by atoms with Crippen molar-refractivity contribution in [1.82, 2.24) is 14.9 Å². The number of aliphatic hydroxyl groups is 1. The number of H-pyrrole nitrogens is 1. The molecule has 0 amide bonds. The molecule has 18 heavy (non-hydrogen) atoms. The zero-order valence-electron chi connectivity index (χ0n) is 9.45. The Bertz CT molecular complexity index is 581. The fraction of sp³-hybridized carbons (Fsp3) is 0.182. The number of nitrogens with one attached hydrogen (secondary N) is 2. The molecular weight excluding hydrogens is 254 g/mol. The first-order valence-corrected chi connectivity index (χ1v) is 6.79. The summed E-state index contributed by atoms with van der Waals surface area (Å²) in [7, 11) is -3.70. The Hall–Kier alpha value is -1.70. The fourth-order valence-electron chi connectivity index (χ4n) is 1.54.